The van der Waals surface area contributed by atoms with Crippen LogP contribution >= 0.6 is 0 Å². The first kappa shape index (κ1) is 10.7. The summed E-state index contributed by atoms with van der Waals surface area (Å²) in [6, 6.07) is 2.09. The second-order valence-corrected chi connectivity index (χ2v) is 4.36. The van der Waals surface area contributed by atoms with Gasteiger partial charge in [0, 0.05) is 13.2 Å². The van der Waals surface area contributed by atoms with E-state index >= 15 is 0 Å². The minimum absolute atomic E-state index is 0.0290. The number of nitrogens with two attached hydrogens (primary N) is 1. The van der Waals surface area contributed by atoms with Gasteiger partial charge < -0.3 is 14.9 Å². The van der Waals surface area contributed by atoms with Crippen molar-refractivity contribution in [3.63, 3.8) is 0 Å². The van der Waals surface area contributed by atoms with Gasteiger partial charge in [0.05, 0.1) is 6.04 Å². The van der Waals surface area contributed by atoms with E-state index < -0.39 is 0 Å². The minimum atomic E-state index is 0.0290. The Morgan fingerprint density at radius 2 is 2.00 bits per heavy atom. The molecule has 3 nitrogen and oxygen atoms in total. The van der Waals surface area contributed by atoms with Crippen molar-refractivity contribution in [1.82, 2.24) is 0 Å². The number of rotatable bonds is 2. The molecule has 2 heterocycles. The van der Waals surface area contributed by atoms with Crippen molar-refractivity contribution in [3.05, 3.63) is 23.2 Å². The van der Waals surface area contributed by atoms with Gasteiger partial charge in [-0.2, -0.15) is 0 Å². The smallest absolute Gasteiger partial charge is 0.121 e. The zero-order chi connectivity index (χ0) is 10.8. The molecule has 1 aliphatic heterocycles. The fourth-order valence-electron chi connectivity index (χ4n) is 2.07. The Morgan fingerprint density at radius 1 is 1.33 bits per heavy atom. The summed E-state index contributed by atoms with van der Waals surface area (Å²) in [6.45, 7) is 5.70. The minimum Gasteiger partial charge on any atom is -0.464 e. The molecule has 2 rings (SSSR count). The number of hydrogen-bond acceptors (Lipinski definition) is 3. The van der Waals surface area contributed by atoms with Crippen molar-refractivity contribution in [2.24, 2.45) is 11.7 Å². The average Bonchev–Trinajstić information content (AvgIpc) is 2.59. The van der Waals surface area contributed by atoms with Gasteiger partial charge in [-0.15, -0.1) is 0 Å². The standard InChI is InChI=1S/C12H19NO2/c1-8-7-11(15-9(8)2)12(13)10-3-5-14-6-4-10/h7,10,12H,3-6,13H2,1-2H3/t12-/m0/s1. The predicted molar refractivity (Wildman–Crippen MR) is 58.7 cm³/mol. The molecular weight excluding hydrogens is 190 g/mol. The van der Waals surface area contributed by atoms with Gasteiger partial charge >= 0.3 is 0 Å². The van der Waals surface area contributed by atoms with Crippen LogP contribution in [0.5, 0.6) is 0 Å². The molecule has 1 fully saturated rings. The van der Waals surface area contributed by atoms with E-state index in [1.807, 2.05) is 6.92 Å². The predicted octanol–water partition coefficient (Wildman–Crippen LogP) is 2.32. The molecule has 0 amide bonds. The van der Waals surface area contributed by atoms with Crippen LogP contribution < -0.4 is 5.73 Å². The zero-order valence-corrected chi connectivity index (χ0v) is 9.45. The molecule has 0 aliphatic carbocycles. The SMILES string of the molecule is Cc1cc([C@@H](N)C2CCOCC2)oc1C. The average molecular weight is 209 g/mol. The van der Waals surface area contributed by atoms with Crippen molar-refractivity contribution < 1.29 is 9.15 Å². The third kappa shape index (κ3) is 2.24. The molecule has 0 spiro atoms. The molecule has 0 aromatic carbocycles. The molecule has 1 aromatic heterocycles. The Bertz CT molecular complexity index is 307. The Morgan fingerprint density at radius 3 is 2.53 bits per heavy atom. The van der Waals surface area contributed by atoms with Gasteiger partial charge in [0.2, 0.25) is 0 Å². The maximum Gasteiger partial charge on any atom is 0.121 e. The van der Waals surface area contributed by atoms with Crippen molar-refractivity contribution in [1.29, 1.82) is 0 Å². The Balaban J connectivity index is 2.08. The summed E-state index contributed by atoms with van der Waals surface area (Å²) in [5.74, 6) is 2.41. The molecule has 1 atom stereocenters. The molecule has 0 unspecified atom stereocenters. The molecule has 3 heteroatoms. The van der Waals surface area contributed by atoms with Gasteiger partial charge in [-0.25, -0.2) is 0 Å². The fourth-order valence-corrected chi connectivity index (χ4v) is 2.07. The third-order valence-electron chi connectivity index (χ3n) is 3.29. The molecule has 1 saturated heterocycles. The van der Waals surface area contributed by atoms with Crippen LogP contribution in [-0.4, -0.2) is 13.2 Å². The molecule has 0 saturated carbocycles. The van der Waals surface area contributed by atoms with E-state index in [9.17, 15) is 0 Å². The molecular formula is C12H19NO2. The van der Waals surface area contributed by atoms with E-state index in [4.69, 9.17) is 14.9 Å². The van der Waals surface area contributed by atoms with Crippen LogP contribution in [0.2, 0.25) is 0 Å². The summed E-state index contributed by atoms with van der Waals surface area (Å²) in [5, 5.41) is 0. The summed E-state index contributed by atoms with van der Waals surface area (Å²) < 4.78 is 11.0. The van der Waals surface area contributed by atoms with E-state index in [1.165, 1.54) is 5.56 Å². The summed E-state index contributed by atoms with van der Waals surface area (Å²) in [7, 11) is 0. The van der Waals surface area contributed by atoms with Gasteiger partial charge in [-0.1, -0.05) is 0 Å². The summed E-state index contributed by atoms with van der Waals surface area (Å²) in [6.07, 6.45) is 2.08. The summed E-state index contributed by atoms with van der Waals surface area (Å²) in [4.78, 5) is 0. The normalized spacial score (nSPS) is 20.5. The Kier molecular flexibility index (Phi) is 3.12. The van der Waals surface area contributed by atoms with Crippen LogP contribution in [-0.2, 0) is 4.74 Å². The first-order chi connectivity index (χ1) is 7.18. The maximum absolute atomic E-state index is 6.20. The quantitative estimate of drug-likeness (QED) is 0.813. The van der Waals surface area contributed by atoms with E-state index in [0.717, 1.165) is 37.6 Å². The van der Waals surface area contributed by atoms with E-state index in [2.05, 4.69) is 13.0 Å². The lowest BCUT2D eigenvalue weighted by atomic mass is 9.91. The molecule has 84 valence electrons. The van der Waals surface area contributed by atoms with E-state index in [0.29, 0.717) is 5.92 Å². The topological polar surface area (TPSA) is 48.4 Å². The first-order valence-corrected chi connectivity index (χ1v) is 5.58. The Labute approximate surface area is 90.6 Å². The number of hydrogen-bond donors (Lipinski definition) is 1. The van der Waals surface area contributed by atoms with Crippen LogP contribution in [0.25, 0.3) is 0 Å². The van der Waals surface area contributed by atoms with Gasteiger partial charge in [-0.05, 0) is 44.2 Å². The fraction of sp³-hybridized carbons (Fsp3) is 0.667. The van der Waals surface area contributed by atoms with Crippen LogP contribution in [0.4, 0.5) is 0 Å². The summed E-state index contributed by atoms with van der Waals surface area (Å²) >= 11 is 0. The highest BCUT2D eigenvalue weighted by molar-refractivity contribution is 5.21. The molecule has 0 bridgehead atoms. The first-order valence-electron chi connectivity index (χ1n) is 5.58. The second-order valence-electron chi connectivity index (χ2n) is 4.36. The van der Waals surface area contributed by atoms with Crippen molar-refractivity contribution >= 4 is 0 Å². The zero-order valence-electron chi connectivity index (χ0n) is 9.45. The highest BCUT2D eigenvalue weighted by atomic mass is 16.5. The molecule has 0 radical (unpaired) electrons. The number of ether oxygens (including phenoxy) is 1. The van der Waals surface area contributed by atoms with Crippen LogP contribution in [0.15, 0.2) is 10.5 Å². The van der Waals surface area contributed by atoms with Gasteiger partial charge in [-0.3, -0.25) is 0 Å². The third-order valence-corrected chi connectivity index (χ3v) is 3.29. The highest BCUT2D eigenvalue weighted by Crippen LogP contribution is 2.30. The lowest BCUT2D eigenvalue weighted by Crippen LogP contribution is -2.27. The maximum atomic E-state index is 6.20. The summed E-state index contributed by atoms with van der Waals surface area (Å²) in [5.41, 5.74) is 7.39. The van der Waals surface area contributed by atoms with Crippen LogP contribution in [0, 0.1) is 19.8 Å². The van der Waals surface area contributed by atoms with Crippen molar-refractivity contribution in [3.8, 4) is 0 Å². The molecule has 1 aromatic rings. The lowest BCUT2D eigenvalue weighted by Gasteiger charge is -2.26. The van der Waals surface area contributed by atoms with Gasteiger partial charge in [0.15, 0.2) is 0 Å². The van der Waals surface area contributed by atoms with Crippen LogP contribution in [0.1, 0.15) is 36.0 Å². The second kappa shape index (κ2) is 4.37. The largest absolute Gasteiger partial charge is 0.464 e. The number of furan rings is 1. The van der Waals surface area contributed by atoms with Gasteiger partial charge in [0.1, 0.15) is 11.5 Å². The van der Waals surface area contributed by atoms with E-state index in [1.54, 1.807) is 0 Å². The van der Waals surface area contributed by atoms with Crippen LogP contribution in [0.3, 0.4) is 0 Å². The van der Waals surface area contributed by atoms with E-state index in [-0.39, 0.29) is 6.04 Å². The van der Waals surface area contributed by atoms with Crippen molar-refractivity contribution in [2.75, 3.05) is 13.2 Å². The van der Waals surface area contributed by atoms with Gasteiger partial charge in [0.25, 0.3) is 0 Å². The molecule has 15 heavy (non-hydrogen) atoms. The highest BCUT2D eigenvalue weighted by Gasteiger charge is 2.24. The lowest BCUT2D eigenvalue weighted by molar-refractivity contribution is 0.0559. The monoisotopic (exact) mass is 209 g/mol. The molecule has 2 N–H and O–H groups in total. The Hall–Kier alpha value is -0.800. The number of aryl methyl sites for hydroxylation is 2. The van der Waals surface area contributed by atoms with Crippen molar-refractivity contribution in [2.45, 2.75) is 32.7 Å². The molecule has 1 aliphatic rings.